The molecule has 0 saturated heterocycles. The molecule has 2 heterocycles. The van der Waals surface area contributed by atoms with Gasteiger partial charge in [-0.15, -0.1) is 11.3 Å². The number of hydrogen-bond acceptors (Lipinski definition) is 7. The Balaban J connectivity index is 1.62. The molecule has 7 nitrogen and oxygen atoms in total. The van der Waals surface area contributed by atoms with Gasteiger partial charge in [0.25, 0.3) is 5.91 Å². The molecule has 0 saturated carbocycles. The zero-order valence-corrected chi connectivity index (χ0v) is 15.9. The van der Waals surface area contributed by atoms with Crippen LogP contribution in [0.5, 0.6) is 11.8 Å². The van der Waals surface area contributed by atoms with Crippen LogP contribution in [0, 0.1) is 0 Å². The van der Waals surface area contributed by atoms with Crippen molar-refractivity contribution in [1.82, 2.24) is 15.0 Å². The number of ether oxygens (including phenoxy) is 2. The van der Waals surface area contributed by atoms with Gasteiger partial charge in [0.05, 0.1) is 25.5 Å². The molecule has 1 aliphatic carbocycles. The van der Waals surface area contributed by atoms with Crippen LogP contribution < -0.4 is 14.8 Å². The number of nitrogens with one attached hydrogen (secondary N) is 1. The van der Waals surface area contributed by atoms with Crippen molar-refractivity contribution in [2.75, 3.05) is 19.5 Å². The van der Waals surface area contributed by atoms with Crippen molar-refractivity contribution in [3.05, 3.63) is 46.1 Å². The summed E-state index contributed by atoms with van der Waals surface area (Å²) in [5.41, 5.74) is 1.08. The molecule has 0 bridgehead atoms. The summed E-state index contributed by atoms with van der Waals surface area (Å²) in [7, 11) is 2.73. The fourth-order valence-electron chi connectivity index (χ4n) is 3.07. The van der Waals surface area contributed by atoms with Gasteiger partial charge in [-0.05, 0) is 17.7 Å². The molecule has 0 radical (unpaired) electrons. The Morgan fingerprint density at radius 3 is 2.48 bits per heavy atom. The first-order valence-corrected chi connectivity index (χ1v) is 9.08. The molecule has 0 unspecified atom stereocenters. The zero-order valence-electron chi connectivity index (χ0n) is 15.1. The van der Waals surface area contributed by atoms with Crippen LogP contribution in [0.25, 0.3) is 11.3 Å². The molecule has 1 aliphatic rings. The van der Waals surface area contributed by atoms with Crippen LogP contribution in [0.4, 0.5) is 18.3 Å². The molecule has 0 spiro atoms. The third-order valence-electron chi connectivity index (χ3n) is 4.35. The van der Waals surface area contributed by atoms with Gasteiger partial charge in [-0.25, -0.2) is 15.0 Å². The number of rotatable bonds is 4. The predicted octanol–water partition coefficient (Wildman–Crippen LogP) is 3.79. The number of benzene rings is 1. The number of carbonyl (C=O) groups is 1. The van der Waals surface area contributed by atoms with E-state index in [0.29, 0.717) is 28.4 Å². The molecule has 2 aromatic heterocycles. The minimum absolute atomic E-state index is 0.0167. The lowest BCUT2D eigenvalue weighted by Gasteiger charge is -2.10. The van der Waals surface area contributed by atoms with E-state index in [0.717, 1.165) is 17.0 Å². The average molecular weight is 422 g/mol. The number of amides is 1. The molecular weight excluding hydrogens is 409 g/mol. The number of thiazole rings is 1. The van der Waals surface area contributed by atoms with Gasteiger partial charge < -0.3 is 9.47 Å². The second-order valence-electron chi connectivity index (χ2n) is 6.06. The number of hydrogen-bond donors (Lipinski definition) is 1. The van der Waals surface area contributed by atoms with Crippen molar-refractivity contribution in [2.24, 2.45) is 0 Å². The van der Waals surface area contributed by atoms with Crippen molar-refractivity contribution in [2.45, 2.75) is 12.6 Å². The molecule has 150 valence electrons. The second-order valence-corrected chi connectivity index (χ2v) is 7.14. The Morgan fingerprint density at radius 1 is 1.17 bits per heavy atom. The first-order chi connectivity index (χ1) is 13.8. The number of fused-ring (bicyclic) bond motifs is 3. The number of anilines is 1. The Hall–Kier alpha value is -3.21. The Labute approximate surface area is 166 Å². The molecule has 0 fully saturated rings. The van der Waals surface area contributed by atoms with Gasteiger partial charge in [0, 0.05) is 16.9 Å². The summed E-state index contributed by atoms with van der Waals surface area (Å²) in [4.78, 5) is 25.6. The van der Waals surface area contributed by atoms with E-state index in [-0.39, 0.29) is 17.3 Å². The fraction of sp³-hybridized carbons (Fsp3) is 0.222. The van der Waals surface area contributed by atoms with Crippen molar-refractivity contribution < 1.29 is 27.4 Å². The van der Waals surface area contributed by atoms with Crippen molar-refractivity contribution in [3.63, 3.8) is 0 Å². The minimum Gasteiger partial charge on any atom is -0.480 e. The molecule has 1 amide bonds. The Morgan fingerprint density at radius 2 is 1.86 bits per heavy atom. The van der Waals surface area contributed by atoms with Crippen molar-refractivity contribution in [1.29, 1.82) is 0 Å². The maximum Gasteiger partial charge on any atom is 0.416 e. The van der Waals surface area contributed by atoms with Gasteiger partial charge >= 0.3 is 6.18 Å². The van der Waals surface area contributed by atoms with E-state index in [1.165, 1.54) is 38.0 Å². The minimum atomic E-state index is -4.40. The van der Waals surface area contributed by atoms with Gasteiger partial charge in [0.15, 0.2) is 10.7 Å². The monoisotopic (exact) mass is 422 g/mol. The quantitative estimate of drug-likeness (QED) is 0.539. The highest BCUT2D eigenvalue weighted by Gasteiger charge is 2.33. The van der Waals surface area contributed by atoms with Crippen LogP contribution >= 0.6 is 11.3 Å². The number of halogens is 3. The molecule has 1 N–H and O–H groups in total. The molecule has 0 atom stereocenters. The number of aromatic nitrogens is 3. The average Bonchev–Trinajstić information content (AvgIpc) is 3.22. The molecule has 4 rings (SSSR count). The van der Waals surface area contributed by atoms with E-state index >= 15 is 0 Å². The van der Waals surface area contributed by atoms with Gasteiger partial charge in [-0.2, -0.15) is 13.2 Å². The van der Waals surface area contributed by atoms with E-state index in [2.05, 4.69) is 20.3 Å². The van der Waals surface area contributed by atoms with E-state index in [9.17, 15) is 18.0 Å². The Bertz CT molecular complexity index is 1090. The van der Waals surface area contributed by atoms with Crippen LogP contribution in [-0.2, 0) is 12.6 Å². The second kappa shape index (κ2) is 6.99. The molecular formula is C18H13F3N4O3S. The first-order valence-electron chi connectivity index (χ1n) is 8.26. The van der Waals surface area contributed by atoms with E-state index in [1.807, 2.05) is 0 Å². The normalized spacial score (nSPS) is 12.3. The zero-order chi connectivity index (χ0) is 20.8. The summed E-state index contributed by atoms with van der Waals surface area (Å²) in [6.45, 7) is 0. The Kier molecular flexibility index (Phi) is 4.61. The number of nitrogens with zero attached hydrogens (tertiary/aromatic N) is 3. The van der Waals surface area contributed by atoms with Crippen LogP contribution in [0.2, 0.25) is 0 Å². The lowest BCUT2D eigenvalue weighted by molar-refractivity contribution is -0.137. The van der Waals surface area contributed by atoms with E-state index in [1.54, 1.807) is 0 Å². The van der Waals surface area contributed by atoms with Gasteiger partial charge in [-0.3, -0.25) is 10.1 Å². The van der Waals surface area contributed by atoms with Gasteiger partial charge in [0.1, 0.15) is 6.33 Å². The summed E-state index contributed by atoms with van der Waals surface area (Å²) in [6, 6.07) is 3.58. The molecule has 11 heteroatoms. The van der Waals surface area contributed by atoms with Gasteiger partial charge in [0.2, 0.25) is 11.8 Å². The summed E-state index contributed by atoms with van der Waals surface area (Å²) in [5, 5.41) is 2.96. The molecule has 0 aliphatic heterocycles. The highest BCUT2D eigenvalue weighted by Crippen LogP contribution is 2.43. The smallest absolute Gasteiger partial charge is 0.416 e. The summed E-state index contributed by atoms with van der Waals surface area (Å²) in [6.07, 6.45) is -2.87. The number of alkyl halides is 3. The predicted molar refractivity (Wildman–Crippen MR) is 98.4 cm³/mol. The molecule has 29 heavy (non-hydrogen) atoms. The largest absolute Gasteiger partial charge is 0.480 e. The lowest BCUT2D eigenvalue weighted by atomic mass is 10.1. The maximum atomic E-state index is 12.9. The van der Waals surface area contributed by atoms with Crippen LogP contribution in [0.1, 0.15) is 26.4 Å². The summed E-state index contributed by atoms with van der Waals surface area (Å²) >= 11 is 1.20. The van der Waals surface area contributed by atoms with E-state index in [4.69, 9.17) is 9.47 Å². The van der Waals surface area contributed by atoms with Crippen LogP contribution in [-0.4, -0.2) is 35.1 Å². The summed E-state index contributed by atoms with van der Waals surface area (Å²) < 4.78 is 48.9. The highest BCUT2D eigenvalue weighted by molar-refractivity contribution is 7.16. The lowest BCUT2D eigenvalue weighted by Crippen LogP contribution is -2.16. The third kappa shape index (κ3) is 3.37. The molecule has 1 aromatic carbocycles. The van der Waals surface area contributed by atoms with Crippen LogP contribution in [0.15, 0.2) is 24.5 Å². The SMILES string of the molecule is COc1ncnc(OC)c1C(=O)Nc1nc2c(s1)Cc1cc(C(F)(F)F)ccc1-2. The maximum absolute atomic E-state index is 12.9. The van der Waals surface area contributed by atoms with E-state index < -0.39 is 17.6 Å². The fourth-order valence-corrected chi connectivity index (χ4v) is 4.07. The van der Waals surface area contributed by atoms with Crippen molar-refractivity contribution in [3.8, 4) is 23.0 Å². The number of carbonyl (C=O) groups excluding carboxylic acids is 1. The van der Waals surface area contributed by atoms with Crippen LogP contribution in [0.3, 0.4) is 0 Å². The van der Waals surface area contributed by atoms with Crippen molar-refractivity contribution >= 4 is 22.4 Å². The van der Waals surface area contributed by atoms with Gasteiger partial charge in [-0.1, -0.05) is 6.07 Å². The third-order valence-corrected chi connectivity index (χ3v) is 5.32. The number of methoxy groups -OCH3 is 2. The molecule has 3 aromatic rings. The highest BCUT2D eigenvalue weighted by atomic mass is 32.1. The topological polar surface area (TPSA) is 86.2 Å². The first kappa shape index (κ1) is 19.1. The standard InChI is InChI=1S/C18H13F3N4O3S/c1-27-15-12(16(28-2)23-7-22-15)14(26)25-17-24-13-10-4-3-9(18(19,20)21)5-8(10)6-11(13)29-17/h3-5,7H,6H2,1-2H3,(H,24,25,26). The summed E-state index contributed by atoms with van der Waals surface area (Å²) in [5.74, 6) is -0.480.